The van der Waals surface area contributed by atoms with Gasteiger partial charge < -0.3 is 10.4 Å². The van der Waals surface area contributed by atoms with Gasteiger partial charge in [-0.1, -0.05) is 23.7 Å². The third kappa shape index (κ3) is 3.63. The van der Waals surface area contributed by atoms with E-state index in [1.54, 1.807) is 23.0 Å². The lowest BCUT2D eigenvalue weighted by Crippen LogP contribution is -2.59. The molecule has 1 aromatic carbocycles. The average Bonchev–Trinajstić information content (AvgIpc) is 2.68. The number of carboxylic acids is 1. The van der Waals surface area contributed by atoms with E-state index in [0.717, 1.165) is 37.7 Å². The first kappa shape index (κ1) is 20.5. The van der Waals surface area contributed by atoms with Gasteiger partial charge in [0, 0.05) is 6.54 Å². The molecule has 31 heavy (non-hydrogen) atoms. The molecule has 6 nitrogen and oxygen atoms in total. The van der Waals surface area contributed by atoms with E-state index in [1.807, 2.05) is 0 Å². The van der Waals surface area contributed by atoms with Crippen molar-refractivity contribution in [3.05, 3.63) is 57.2 Å². The first-order chi connectivity index (χ1) is 14.8. The number of carboxylic acid groups (broad SMARTS) is 1. The van der Waals surface area contributed by atoms with Gasteiger partial charge in [0.2, 0.25) is 0 Å². The standard InChI is InChI=1S/C23H25ClFN3O3/c24-20-18(26-11-14-1-3-17(25)4-2-14)12-27-28(21(20)31)23-8-15-5-16(9-23)7-22(6-15,13-23)10-19(29)30/h1-4,12,15-16,26H,5-11,13H2,(H,29,30)/t15-,16-,22?,23?/m1/s1. The van der Waals surface area contributed by atoms with Crippen LogP contribution in [0.2, 0.25) is 5.02 Å². The van der Waals surface area contributed by atoms with Crippen LogP contribution < -0.4 is 10.9 Å². The van der Waals surface area contributed by atoms with Gasteiger partial charge in [-0.15, -0.1) is 0 Å². The fourth-order valence-electron chi connectivity index (χ4n) is 6.87. The van der Waals surface area contributed by atoms with Crippen LogP contribution in [0.15, 0.2) is 35.3 Å². The van der Waals surface area contributed by atoms with Crippen LogP contribution in [-0.4, -0.2) is 20.9 Å². The second-order valence-corrected chi connectivity index (χ2v) is 10.2. The van der Waals surface area contributed by atoms with Crippen molar-refractivity contribution in [1.82, 2.24) is 9.78 Å². The van der Waals surface area contributed by atoms with Crippen molar-refractivity contribution in [1.29, 1.82) is 0 Å². The molecule has 0 aliphatic heterocycles. The van der Waals surface area contributed by atoms with Gasteiger partial charge in [0.05, 0.1) is 23.8 Å². The molecule has 0 spiro atoms. The zero-order valence-corrected chi connectivity index (χ0v) is 17.9. The molecule has 1 heterocycles. The molecule has 2 aromatic rings. The van der Waals surface area contributed by atoms with Gasteiger partial charge >= 0.3 is 5.97 Å². The van der Waals surface area contributed by atoms with E-state index in [9.17, 15) is 19.1 Å². The number of carbonyl (C=O) groups is 1. The van der Waals surface area contributed by atoms with Crippen molar-refractivity contribution in [3.8, 4) is 0 Å². The highest BCUT2D eigenvalue weighted by molar-refractivity contribution is 6.32. The van der Waals surface area contributed by atoms with E-state index in [-0.39, 0.29) is 28.2 Å². The van der Waals surface area contributed by atoms with Gasteiger partial charge in [-0.05, 0) is 73.5 Å². The van der Waals surface area contributed by atoms with E-state index >= 15 is 0 Å². The number of nitrogens with one attached hydrogen (secondary N) is 1. The Hall–Kier alpha value is -2.41. The molecule has 164 valence electrons. The summed E-state index contributed by atoms with van der Waals surface area (Å²) in [4.78, 5) is 24.8. The van der Waals surface area contributed by atoms with Gasteiger partial charge in [0.25, 0.3) is 5.56 Å². The van der Waals surface area contributed by atoms with Crippen LogP contribution in [0.25, 0.3) is 0 Å². The largest absolute Gasteiger partial charge is 0.481 e. The molecule has 1 aromatic heterocycles. The summed E-state index contributed by atoms with van der Waals surface area (Å²) in [6, 6.07) is 6.11. The number of benzene rings is 1. The predicted molar refractivity (Wildman–Crippen MR) is 115 cm³/mol. The van der Waals surface area contributed by atoms with Crippen LogP contribution in [0.5, 0.6) is 0 Å². The molecule has 6 rings (SSSR count). The van der Waals surface area contributed by atoms with Crippen LogP contribution >= 0.6 is 11.6 Å². The molecule has 4 saturated carbocycles. The third-order valence-electron chi connectivity index (χ3n) is 7.44. The highest BCUT2D eigenvalue weighted by Crippen LogP contribution is 2.65. The smallest absolute Gasteiger partial charge is 0.303 e. The molecule has 0 saturated heterocycles. The molecule has 4 aliphatic carbocycles. The second-order valence-electron chi connectivity index (χ2n) is 9.83. The lowest BCUT2D eigenvalue weighted by Gasteiger charge is -2.61. The fraction of sp³-hybridized carbons (Fsp3) is 0.522. The number of aromatic nitrogens is 2. The average molecular weight is 446 g/mol. The summed E-state index contributed by atoms with van der Waals surface area (Å²) in [5, 5.41) is 17.2. The fourth-order valence-corrected chi connectivity index (χ4v) is 7.07. The van der Waals surface area contributed by atoms with Crippen LogP contribution in [0.1, 0.15) is 50.5 Å². The van der Waals surface area contributed by atoms with Crippen molar-refractivity contribution in [2.24, 2.45) is 17.3 Å². The summed E-state index contributed by atoms with van der Waals surface area (Å²) in [6.07, 6.45) is 7.09. The Labute approximate surface area is 184 Å². The van der Waals surface area contributed by atoms with Gasteiger partial charge in [-0.2, -0.15) is 5.10 Å². The minimum Gasteiger partial charge on any atom is -0.481 e. The number of halogens is 2. The Morgan fingerprint density at radius 1 is 1.23 bits per heavy atom. The van der Waals surface area contributed by atoms with E-state index < -0.39 is 11.5 Å². The van der Waals surface area contributed by atoms with Crippen LogP contribution in [0, 0.1) is 23.1 Å². The van der Waals surface area contributed by atoms with Crippen molar-refractivity contribution in [3.63, 3.8) is 0 Å². The first-order valence-corrected chi connectivity index (χ1v) is 11.1. The summed E-state index contributed by atoms with van der Waals surface area (Å²) in [5.41, 5.74) is 0.271. The Kier molecular flexibility index (Phi) is 4.84. The molecule has 0 amide bonds. The number of rotatable bonds is 6. The summed E-state index contributed by atoms with van der Waals surface area (Å²) in [6.45, 7) is 0.391. The normalized spacial score (nSPS) is 31.0. The SMILES string of the molecule is O=C(O)CC12C[C@H]3C[C@H](C1)CC(n1ncc(NCc4ccc(F)cc4)c(Cl)c1=O)(C3)C2. The van der Waals surface area contributed by atoms with Gasteiger partial charge in [-0.25, -0.2) is 9.07 Å². The van der Waals surface area contributed by atoms with Gasteiger partial charge in [0.1, 0.15) is 10.8 Å². The van der Waals surface area contributed by atoms with Crippen LogP contribution in [-0.2, 0) is 16.9 Å². The lowest BCUT2D eigenvalue weighted by molar-refractivity contribution is -0.151. The Morgan fingerprint density at radius 2 is 1.90 bits per heavy atom. The zero-order valence-electron chi connectivity index (χ0n) is 17.1. The summed E-state index contributed by atoms with van der Waals surface area (Å²) in [7, 11) is 0. The molecule has 2 atom stereocenters. The third-order valence-corrected chi connectivity index (χ3v) is 7.81. The topological polar surface area (TPSA) is 84.2 Å². The number of anilines is 1. The highest BCUT2D eigenvalue weighted by atomic mass is 35.5. The van der Waals surface area contributed by atoms with Crippen molar-refractivity contribution >= 4 is 23.3 Å². The highest BCUT2D eigenvalue weighted by Gasteiger charge is 2.59. The van der Waals surface area contributed by atoms with Gasteiger partial charge in [-0.3, -0.25) is 9.59 Å². The summed E-state index contributed by atoms with van der Waals surface area (Å²) in [5.74, 6) is -0.202. The van der Waals surface area contributed by atoms with Crippen LogP contribution in [0.3, 0.4) is 0 Å². The molecule has 0 radical (unpaired) electrons. The molecule has 8 heteroatoms. The number of nitrogens with zero attached hydrogens (tertiary/aromatic N) is 2. The first-order valence-electron chi connectivity index (χ1n) is 10.8. The Bertz CT molecular complexity index is 1070. The number of aliphatic carboxylic acids is 1. The molecule has 4 fully saturated rings. The van der Waals surface area contributed by atoms with Crippen molar-refractivity contribution in [2.45, 2.75) is 57.0 Å². The Morgan fingerprint density at radius 3 is 2.55 bits per heavy atom. The molecule has 0 unspecified atom stereocenters. The molecule has 4 aliphatic rings. The predicted octanol–water partition coefficient (Wildman–Crippen LogP) is 4.42. The maximum absolute atomic E-state index is 13.3. The molecule has 2 N–H and O–H groups in total. The quantitative estimate of drug-likeness (QED) is 0.687. The van der Waals surface area contributed by atoms with E-state index in [0.29, 0.717) is 30.5 Å². The maximum Gasteiger partial charge on any atom is 0.303 e. The van der Waals surface area contributed by atoms with E-state index in [1.165, 1.54) is 12.1 Å². The van der Waals surface area contributed by atoms with E-state index in [4.69, 9.17) is 11.6 Å². The molecule has 4 bridgehead atoms. The van der Waals surface area contributed by atoms with Crippen molar-refractivity contribution in [2.75, 3.05) is 5.32 Å². The van der Waals surface area contributed by atoms with E-state index in [2.05, 4.69) is 10.4 Å². The number of hydrogen-bond donors (Lipinski definition) is 2. The monoisotopic (exact) mass is 445 g/mol. The zero-order chi connectivity index (χ0) is 21.8. The molecular formula is C23H25ClFN3O3. The van der Waals surface area contributed by atoms with Crippen molar-refractivity contribution < 1.29 is 14.3 Å². The minimum absolute atomic E-state index is 0.0835. The Balaban J connectivity index is 1.43. The second kappa shape index (κ2) is 7.33. The summed E-state index contributed by atoms with van der Waals surface area (Å²) >= 11 is 6.46. The molecular weight excluding hydrogens is 421 g/mol. The maximum atomic E-state index is 13.3. The number of hydrogen-bond acceptors (Lipinski definition) is 4. The minimum atomic E-state index is -0.768. The lowest BCUT2D eigenvalue weighted by atomic mass is 9.46. The van der Waals surface area contributed by atoms with Crippen LogP contribution in [0.4, 0.5) is 10.1 Å². The summed E-state index contributed by atoms with van der Waals surface area (Å²) < 4.78 is 14.6. The van der Waals surface area contributed by atoms with Gasteiger partial charge in [0.15, 0.2) is 0 Å².